The second-order valence-electron chi connectivity index (χ2n) is 6.65. The summed E-state index contributed by atoms with van der Waals surface area (Å²) in [5.41, 5.74) is 3.18. The van der Waals surface area contributed by atoms with Gasteiger partial charge in [0, 0.05) is 40.5 Å². The van der Waals surface area contributed by atoms with Crippen molar-refractivity contribution in [1.82, 2.24) is 9.78 Å². The van der Waals surface area contributed by atoms with Gasteiger partial charge >= 0.3 is 6.36 Å². The van der Waals surface area contributed by atoms with E-state index in [0.717, 1.165) is 29.2 Å². The zero-order valence-corrected chi connectivity index (χ0v) is 18.0. The third kappa shape index (κ3) is 4.36. The predicted octanol–water partition coefficient (Wildman–Crippen LogP) is 6.54. The van der Waals surface area contributed by atoms with E-state index in [0.29, 0.717) is 21.3 Å². The molecule has 30 heavy (non-hydrogen) atoms. The van der Waals surface area contributed by atoms with Crippen LogP contribution in [0.5, 0.6) is 5.75 Å². The van der Waals surface area contributed by atoms with Crippen LogP contribution in [-0.2, 0) is 7.05 Å². The molecule has 3 aromatic rings. The number of nitrogens with zero attached hydrogens (tertiary/aromatic N) is 2. The predicted molar refractivity (Wildman–Crippen MR) is 115 cm³/mol. The molecule has 158 valence electrons. The van der Waals surface area contributed by atoms with E-state index >= 15 is 0 Å². The van der Waals surface area contributed by atoms with Crippen LogP contribution in [0.1, 0.15) is 16.4 Å². The number of benzene rings is 2. The molecule has 2 aromatic carbocycles. The lowest BCUT2D eigenvalue weighted by Crippen LogP contribution is -2.16. The molecule has 0 saturated heterocycles. The molecular formula is C20H16Cl2F3N3OS. The molecule has 2 heterocycles. The molecule has 1 aromatic heterocycles. The fourth-order valence-corrected chi connectivity index (χ4v) is 5.23. The standard InChI is InChI=1S/C20H16Cl2F3N3OS/c1-28-19-16(17(27-28)11-2-5-13(6-3-11)29-20(23,24)25)18(30-9-8-26-19)14-7-4-12(21)10-15(14)22/h2-7,10,18,26H,8-9H2,1H3. The van der Waals surface area contributed by atoms with Gasteiger partial charge in [0.25, 0.3) is 0 Å². The third-order valence-electron chi connectivity index (χ3n) is 4.63. The Labute approximate surface area is 185 Å². The van der Waals surface area contributed by atoms with Gasteiger partial charge in [0.1, 0.15) is 11.6 Å². The molecule has 4 nitrogen and oxygen atoms in total. The maximum absolute atomic E-state index is 12.5. The second kappa shape index (κ2) is 8.24. The van der Waals surface area contributed by atoms with Crippen molar-refractivity contribution in [2.75, 3.05) is 17.6 Å². The van der Waals surface area contributed by atoms with Crippen molar-refractivity contribution in [2.45, 2.75) is 11.6 Å². The van der Waals surface area contributed by atoms with Crippen molar-refractivity contribution in [3.8, 4) is 17.0 Å². The largest absolute Gasteiger partial charge is 0.573 e. The first kappa shape index (κ1) is 21.2. The molecule has 1 unspecified atom stereocenters. The fourth-order valence-electron chi connectivity index (χ4n) is 3.41. The number of thioether (sulfide) groups is 1. The van der Waals surface area contributed by atoms with Gasteiger partial charge in [0.05, 0.1) is 10.9 Å². The van der Waals surface area contributed by atoms with E-state index in [9.17, 15) is 13.2 Å². The van der Waals surface area contributed by atoms with Crippen LogP contribution in [0.3, 0.4) is 0 Å². The van der Waals surface area contributed by atoms with Crippen LogP contribution in [0, 0.1) is 0 Å². The van der Waals surface area contributed by atoms with E-state index in [2.05, 4.69) is 15.2 Å². The number of halogens is 5. The minimum Gasteiger partial charge on any atom is -0.406 e. The monoisotopic (exact) mass is 473 g/mol. The van der Waals surface area contributed by atoms with E-state index in [1.807, 2.05) is 13.1 Å². The second-order valence-corrected chi connectivity index (χ2v) is 8.71. The van der Waals surface area contributed by atoms with Gasteiger partial charge < -0.3 is 10.1 Å². The Morgan fingerprint density at radius 3 is 2.57 bits per heavy atom. The first-order valence-corrected chi connectivity index (χ1v) is 10.8. The lowest BCUT2D eigenvalue weighted by Gasteiger charge is -2.18. The number of rotatable bonds is 3. The highest BCUT2D eigenvalue weighted by Crippen LogP contribution is 2.47. The van der Waals surface area contributed by atoms with Crippen LogP contribution in [-0.4, -0.2) is 28.4 Å². The Bertz CT molecular complexity index is 1070. The van der Waals surface area contributed by atoms with E-state index in [4.69, 9.17) is 23.2 Å². The van der Waals surface area contributed by atoms with Gasteiger partial charge in [-0.1, -0.05) is 29.3 Å². The van der Waals surface area contributed by atoms with Crippen molar-refractivity contribution in [2.24, 2.45) is 7.05 Å². The maximum atomic E-state index is 12.5. The lowest BCUT2D eigenvalue weighted by molar-refractivity contribution is -0.274. The summed E-state index contributed by atoms with van der Waals surface area (Å²) in [6.45, 7) is 0.747. The Morgan fingerprint density at radius 2 is 1.90 bits per heavy atom. The first-order chi connectivity index (χ1) is 14.2. The SMILES string of the molecule is Cn1nc(-c2ccc(OC(F)(F)F)cc2)c2c1NCCSC2c1ccc(Cl)cc1Cl. The number of nitrogens with one attached hydrogen (secondary N) is 1. The molecule has 0 aliphatic carbocycles. The molecular weight excluding hydrogens is 458 g/mol. The van der Waals surface area contributed by atoms with E-state index < -0.39 is 6.36 Å². The number of ether oxygens (including phenoxy) is 1. The van der Waals surface area contributed by atoms with Gasteiger partial charge in [-0.15, -0.1) is 24.9 Å². The number of hydrogen-bond donors (Lipinski definition) is 1. The summed E-state index contributed by atoms with van der Waals surface area (Å²) in [4.78, 5) is 0. The van der Waals surface area contributed by atoms with Crippen molar-refractivity contribution >= 4 is 40.8 Å². The van der Waals surface area contributed by atoms with Crippen LogP contribution in [0.15, 0.2) is 42.5 Å². The molecule has 0 fully saturated rings. The van der Waals surface area contributed by atoms with Crippen molar-refractivity contribution in [3.05, 3.63) is 63.6 Å². The molecule has 0 bridgehead atoms. The van der Waals surface area contributed by atoms with Crippen molar-refractivity contribution in [3.63, 3.8) is 0 Å². The molecule has 0 saturated carbocycles. The molecule has 0 amide bonds. The quantitative estimate of drug-likeness (QED) is 0.468. The van der Waals surface area contributed by atoms with E-state index in [1.54, 1.807) is 40.7 Å². The molecule has 1 N–H and O–H groups in total. The Hall–Kier alpha value is -2.03. The van der Waals surface area contributed by atoms with Crippen LogP contribution in [0.2, 0.25) is 10.0 Å². The lowest BCUT2D eigenvalue weighted by atomic mass is 10.00. The first-order valence-electron chi connectivity index (χ1n) is 8.96. The molecule has 1 aliphatic rings. The molecule has 0 radical (unpaired) electrons. The van der Waals surface area contributed by atoms with Gasteiger partial charge in [-0.3, -0.25) is 4.68 Å². The van der Waals surface area contributed by atoms with E-state index in [-0.39, 0.29) is 11.0 Å². The van der Waals surface area contributed by atoms with Gasteiger partial charge in [-0.25, -0.2) is 0 Å². The number of aromatic nitrogens is 2. The molecule has 1 atom stereocenters. The van der Waals surface area contributed by atoms with Gasteiger partial charge in [-0.2, -0.15) is 5.10 Å². The van der Waals surface area contributed by atoms with Crippen molar-refractivity contribution < 1.29 is 17.9 Å². The average molecular weight is 474 g/mol. The zero-order chi connectivity index (χ0) is 21.5. The summed E-state index contributed by atoms with van der Waals surface area (Å²) in [5.74, 6) is 1.41. The summed E-state index contributed by atoms with van der Waals surface area (Å²) in [5, 5.41) is 9.02. The smallest absolute Gasteiger partial charge is 0.406 e. The van der Waals surface area contributed by atoms with Crippen LogP contribution in [0.4, 0.5) is 19.0 Å². The van der Waals surface area contributed by atoms with E-state index in [1.165, 1.54) is 12.1 Å². The van der Waals surface area contributed by atoms with Crippen molar-refractivity contribution in [1.29, 1.82) is 0 Å². The van der Waals surface area contributed by atoms with Crippen LogP contribution >= 0.6 is 35.0 Å². The molecule has 0 spiro atoms. The van der Waals surface area contributed by atoms with Gasteiger partial charge in [0.15, 0.2) is 0 Å². The molecule has 10 heteroatoms. The molecule has 4 rings (SSSR count). The highest BCUT2D eigenvalue weighted by molar-refractivity contribution is 7.99. The Morgan fingerprint density at radius 1 is 1.17 bits per heavy atom. The third-order valence-corrected chi connectivity index (χ3v) is 6.46. The number of fused-ring (bicyclic) bond motifs is 1. The number of aryl methyl sites for hydroxylation is 1. The van der Waals surface area contributed by atoms with Gasteiger partial charge in [0.2, 0.25) is 0 Å². The number of anilines is 1. The minimum atomic E-state index is -4.74. The number of hydrogen-bond acceptors (Lipinski definition) is 4. The van der Waals surface area contributed by atoms with Gasteiger partial charge in [-0.05, 0) is 42.0 Å². The Balaban J connectivity index is 1.80. The maximum Gasteiger partial charge on any atom is 0.573 e. The zero-order valence-electron chi connectivity index (χ0n) is 15.6. The number of alkyl halides is 3. The normalized spacial score (nSPS) is 16.5. The summed E-state index contributed by atoms with van der Waals surface area (Å²) >= 11 is 14.3. The van der Waals surface area contributed by atoms with Crippen LogP contribution < -0.4 is 10.1 Å². The highest BCUT2D eigenvalue weighted by atomic mass is 35.5. The summed E-state index contributed by atoms with van der Waals surface area (Å²) in [7, 11) is 1.83. The average Bonchev–Trinajstić information content (AvgIpc) is 2.84. The van der Waals surface area contributed by atoms with Crippen LogP contribution in [0.25, 0.3) is 11.3 Å². The summed E-state index contributed by atoms with van der Waals surface area (Å²) < 4.78 is 43.1. The minimum absolute atomic E-state index is 0.116. The topological polar surface area (TPSA) is 39.1 Å². The Kier molecular flexibility index (Phi) is 5.83. The summed E-state index contributed by atoms with van der Waals surface area (Å²) in [6.07, 6.45) is -4.74. The highest BCUT2D eigenvalue weighted by Gasteiger charge is 2.32. The summed E-state index contributed by atoms with van der Waals surface area (Å²) in [6, 6.07) is 11.1. The molecule has 1 aliphatic heterocycles. The fraction of sp³-hybridized carbons (Fsp3) is 0.250.